The van der Waals surface area contributed by atoms with E-state index in [1.54, 1.807) is 4.90 Å². The van der Waals surface area contributed by atoms with Crippen LogP contribution >= 0.6 is 0 Å². The second-order valence-electron chi connectivity index (χ2n) is 9.04. The Morgan fingerprint density at radius 3 is 2.51 bits per heavy atom. The molecule has 2 aromatic rings. The summed E-state index contributed by atoms with van der Waals surface area (Å²) in [5.74, 6) is -4.46. The zero-order chi connectivity index (χ0) is 24.9. The first-order valence-corrected chi connectivity index (χ1v) is 11.3. The van der Waals surface area contributed by atoms with Gasteiger partial charge in [-0.25, -0.2) is 13.6 Å². The highest BCUT2D eigenvalue weighted by Gasteiger charge is 2.55. The third-order valence-electron chi connectivity index (χ3n) is 6.80. The van der Waals surface area contributed by atoms with Gasteiger partial charge in [0.2, 0.25) is 11.3 Å². The third kappa shape index (κ3) is 3.71. The summed E-state index contributed by atoms with van der Waals surface area (Å²) in [5, 5.41) is 21.5. The number of nitro benzene ring substituents is 1. The van der Waals surface area contributed by atoms with E-state index < -0.39 is 40.4 Å². The molecule has 11 heteroatoms. The van der Waals surface area contributed by atoms with Gasteiger partial charge in [0, 0.05) is 31.4 Å². The van der Waals surface area contributed by atoms with Crippen molar-refractivity contribution in [2.45, 2.75) is 37.3 Å². The summed E-state index contributed by atoms with van der Waals surface area (Å²) >= 11 is 0. The fraction of sp³-hybridized carbons (Fsp3) is 0.375. The lowest BCUT2D eigenvalue weighted by Gasteiger charge is -2.40. The van der Waals surface area contributed by atoms with Crippen molar-refractivity contribution in [2.24, 2.45) is 4.99 Å². The number of carbonyl (C=O) groups excluding carboxylic acids is 1. The molecule has 0 bridgehead atoms. The number of para-hydroxylation sites is 1. The summed E-state index contributed by atoms with van der Waals surface area (Å²) in [6.45, 7) is 0.518. The number of hydrogen-bond acceptors (Lipinski definition) is 7. The van der Waals surface area contributed by atoms with Gasteiger partial charge in [0.15, 0.2) is 5.82 Å². The number of ketones is 1. The molecule has 0 radical (unpaired) electrons. The van der Waals surface area contributed by atoms with E-state index in [1.165, 1.54) is 29.2 Å². The van der Waals surface area contributed by atoms with Crippen LogP contribution in [0, 0.1) is 21.7 Å². The monoisotopic (exact) mass is 484 g/mol. The molecule has 3 aliphatic rings. The molecule has 1 N–H and O–H groups in total. The van der Waals surface area contributed by atoms with Gasteiger partial charge in [-0.15, -0.1) is 0 Å². The molecule has 2 heterocycles. The lowest BCUT2D eigenvalue weighted by atomic mass is 9.83. The Balaban J connectivity index is 1.65. The number of anilines is 2. The van der Waals surface area contributed by atoms with Gasteiger partial charge in [0.1, 0.15) is 11.5 Å². The number of aliphatic imine (C=N–C) groups is 1. The van der Waals surface area contributed by atoms with Crippen molar-refractivity contribution in [1.29, 1.82) is 0 Å². The van der Waals surface area contributed by atoms with E-state index in [4.69, 9.17) is 0 Å². The van der Waals surface area contributed by atoms with Crippen molar-refractivity contribution in [3.8, 4) is 0 Å². The lowest BCUT2D eigenvalue weighted by Crippen LogP contribution is -2.58. The number of carboxylic acids is 1. The molecule has 0 spiro atoms. The summed E-state index contributed by atoms with van der Waals surface area (Å²) in [4.78, 5) is 43.9. The molecule has 2 aliphatic heterocycles. The molecule has 0 aromatic heterocycles. The maximum atomic E-state index is 15.8. The lowest BCUT2D eigenvalue weighted by molar-refractivity contribution is -0.385. The molecule has 182 valence electrons. The minimum absolute atomic E-state index is 0.0106. The highest BCUT2D eigenvalue weighted by atomic mass is 19.1. The summed E-state index contributed by atoms with van der Waals surface area (Å²) in [6, 6.07) is 6.26. The SMILES string of the molecule is O=C(O)C1(N=Cc2ccccc2[N+](=O)[O-])CN(C2CC2)c2c(cc(F)c(N3CCCC3)c2F)C1=O. The Labute approximate surface area is 198 Å². The van der Waals surface area contributed by atoms with Gasteiger partial charge in [-0.3, -0.25) is 19.9 Å². The second kappa shape index (κ2) is 8.40. The standard InChI is InChI=1S/C24H22F2N4O5/c25-17-11-16-20(19(26)21(17)28-9-3-4-10-28)29(15-7-8-15)13-24(22(16)31,23(32)33)27-12-14-5-1-2-6-18(14)30(34)35/h1-2,5-6,11-12,15H,3-4,7-10,13H2,(H,32,33). The van der Waals surface area contributed by atoms with Gasteiger partial charge >= 0.3 is 5.97 Å². The minimum atomic E-state index is -2.41. The molecule has 1 aliphatic carbocycles. The molecular formula is C24H22F2N4O5. The van der Waals surface area contributed by atoms with Gasteiger partial charge < -0.3 is 14.9 Å². The van der Waals surface area contributed by atoms with E-state index in [0.717, 1.165) is 25.1 Å². The van der Waals surface area contributed by atoms with Crippen molar-refractivity contribution in [1.82, 2.24) is 0 Å². The maximum absolute atomic E-state index is 15.8. The van der Waals surface area contributed by atoms with Crippen LogP contribution in [-0.2, 0) is 4.79 Å². The van der Waals surface area contributed by atoms with Gasteiger partial charge in [0.25, 0.3) is 5.69 Å². The minimum Gasteiger partial charge on any atom is -0.479 e. The molecule has 1 unspecified atom stereocenters. The number of nitrogens with zero attached hydrogens (tertiary/aromatic N) is 4. The van der Waals surface area contributed by atoms with Crippen LogP contribution in [0.1, 0.15) is 41.6 Å². The summed E-state index contributed by atoms with van der Waals surface area (Å²) in [7, 11) is 0. The zero-order valence-corrected chi connectivity index (χ0v) is 18.6. The topological polar surface area (TPSA) is 116 Å². The molecule has 1 atom stereocenters. The number of hydrogen-bond donors (Lipinski definition) is 1. The molecule has 2 aromatic carbocycles. The average molecular weight is 484 g/mol. The van der Waals surface area contributed by atoms with E-state index in [0.29, 0.717) is 25.9 Å². The van der Waals surface area contributed by atoms with E-state index in [-0.39, 0.29) is 34.2 Å². The van der Waals surface area contributed by atoms with Gasteiger partial charge in [-0.05, 0) is 37.8 Å². The summed E-state index contributed by atoms with van der Waals surface area (Å²) in [6.07, 6.45) is 3.89. The van der Waals surface area contributed by atoms with Gasteiger partial charge in [-0.2, -0.15) is 0 Å². The summed E-state index contributed by atoms with van der Waals surface area (Å²) < 4.78 is 30.9. The number of carboxylic acid groups (broad SMARTS) is 1. The molecule has 9 nitrogen and oxygen atoms in total. The smallest absolute Gasteiger partial charge is 0.341 e. The van der Waals surface area contributed by atoms with Crippen LogP contribution in [-0.4, -0.2) is 59.2 Å². The fourth-order valence-corrected chi connectivity index (χ4v) is 4.86. The number of Topliss-reactive ketones (excluding diaryl/α,β-unsaturated/α-hetero) is 1. The van der Waals surface area contributed by atoms with Gasteiger partial charge in [0.05, 0.1) is 28.3 Å². The van der Waals surface area contributed by atoms with Crippen molar-refractivity contribution < 1.29 is 28.4 Å². The number of benzene rings is 2. The van der Waals surface area contributed by atoms with E-state index in [2.05, 4.69) is 4.99 Å². The molecule has 0 amide bonds. The number of carbonyl (C=O) groups is 2. The van der Waals surface area contributed by atoms with E-state index >= 15 is 8.78 Å². The predicted octanol–water partition coefficient (Wildman–Crippen LogP) is 3.58. The first kappa shape index (κ1) is 22.9. The second-order valence-corrected chi connectivity index (χ2v) is 9.04. The number of rotatable bonds is 6. The zero-order valence-electron chi connectivity index (χ0n) is 18.6. The fourth-order valence-electron chi connectivity index (χ4n) is 4.86. The average Bonchev–Trinajstić information content (AvgIpc) is 3.54. The molecular weight excluding hydrogens is 462 g/mol. The van der Waals surface area contributed by atoms with Gasteiger partial charge in [-0.1, -0.05) is 12.1 Å². The van der Waals surface area contributed by atoms with Crippen LogP contribution in [0.3, 0.4) is 0 Å². The highest BCUT2D eigenvalue weighted by molar-refractivity contribution is 6.21. The van der Waals surface area contributed by atoms with Crippen molar-refractivity contribution in [3.05, 3.63) is 63.2 Å². The van der Waals surface area contributed by atoms with Crippen LogP contribution in [0.15, 0.2) is 35.3 Å². The third-order valence-corrected chi connectivity index (χ3v) is 6.80. The normalized spacial score (nSPS) is 22.1. The van der Waals surface area contributed by atoms with Crippen molar-refractivity contribution >= 4 is 35.0 Å². The molecule has 1 saturated carbocycles. The Morgan fingerprint density at radius 2 is 1.89 bits per heavy atom. The molecule has 5 rings (SSSR count). The number of nitro groups is 1. The Morgan fingerprint density at radius 1 is 1.20 bits per heavy atom. The highest BCUT2D eigenvalue weighted by Crippen LogP contribution is 2.46. The van der Waals surface area contributed by atoms with E-state index in [1.807, 2.05) is 0 Å². The molecule has 2 fully saturated rings. The number of fused-ring (bicyclic) bond motifs is 1. The van der Waals surface area contributed by atoms with Crippen LogP contribution < -0.4 is 9.80 Å². The quantitative estimate of drug-likeness (QED) is 0.288. The molecule has 1 saturated heterocycles. The maximum Gasteiger partial charge on any atom is 0.341 e. The van der Waals surface area contributed by atoms with Crippen LogP contribution in [0.2, 0.25) is 0 Å². The predicted molar refractivity (Wildman–Crippen MR) is 124 cm³/mol. The first-order valence-electron chi connectivity index (χ1n) is 11.3. The van der Waals surface area contributed by atoms with Crippen LogP contribution in [0.4, 0.5) is 25.8 Å². The largest absolute Gasteiger partial charge is 0.479 e. The first-order chi connectivity index (χ1) is 16.7. The summed E-state index contributed by atoms with van der Waals surface area (Å²) in [5.41, 5.74) is -3.40. The molecule has 35 heavy (non-hydrogen) atoms. The Hall–Kier alpha value is -3.89. The number of halogens is 2. The van der Waals surface area contributed by atoms with Crippen molar-refractivity contribution in [3.63, 3.8) is 0 Å². The van der Waals surface area contributed by atoms with Crippen LogP contribution in [0.5, 0.6) is 0 Å². The number of aliphatic carboxylic acids is 1. The Kier molecular flexibility index (Phi) is 5.49. The van der Waals surface area contributed by atoms with E-state index in [9.17, 15) is 24.8 Å². The van der Waals surface area contributed by atoms with Crippen LogP contribution in [0.25, 0.3) is 0 Å². The van der Waals surface area contributed by atoms with Crippen molar-refractivity contribution in [2.75, 3.05) is 29.4 Å². The Bertz CT molecular complexity index is 1270.